The van der Waals surface area contributed by atoms with Crippen LogP contribution in [0.4, 0.5) is 5.69 Å². The zero-order chi connectivity index (χ0) is 15.1. The number of para-hydroxylation sites is 1. The number of carboxylic acid groups (broad SMARTS) is 1. The minimum atomic E-state index is -0.818. The molecule has 5 heteroatoms. The number of carboxylic acids is 1. The third-order valence-electron chi connectivity index (χ3n) is 2.76. The fourth-order valence-electron chi connectivity index (χ4n) is 1.60. The fourth-order valence-corrected chi connectivity index (χ4v) is 2.76. The first-order chi connectivity index (χ1) is 9.45. The van der Waals surface area contributed by atoms with Crippen LogP contribution in [-0.2, 0) is 9.59 Å². The molecule has 0 radical (unpaired) electrons. The Balaban J connectivity index is 2.89. The lowest BCUT2D eigenvalue weighted by Crippen LogP contribution is -2.19. The zero-order valence-corrected chi connectivity index (χ0v) is 12.9. The van der Waals surface area contributed by atoms with Gasteiger partial charge in [-0.3, -0.25) is 9.59 Å². The average molecular weight is 295 g/mol. The van der Waals surface area contributed by atoms with Crippen LogP contribution < -0.4 is 5.32 Å². The van der Waals surface area contributed by atoms with Gasteiger partial charge < -0.3 is 10.4 Å². The summed E-state index contributed by atoms with van der Waals surface area (Å²) >= 11 is 1.29. The fraction of sp³-hybridized carbons (Fsp3) is 0.467. The van der Waals surface area contributed by atoms with Gasteiger partial charge in [0, 0.05) is 10.8 Å². The molecule has 0 spiro atoms. The van der Waals surface area contributed by atoms with Crippen molar-refractivity contribution in [3.8, 4) is 0 Å². The summed E-state index contributed by atoms with van der Waals surface area (Å²) in [6.07, 6.45) is 1.41. The maximum Gasteiger partial charge on any atom is 0.316 e. The number of aliphatic carboxylic acids is 1. The summed E-state index contributed by atoms with van der Waals surface area (Å²) in [4.78, 5) is 23.8. The number of carbonyl (C=O) groups is 2. The molecule has 0 saturated heterocycles. The van der Waals surface area contributed by atoms with Gasteiger partial charge in [-0.2, -0.15) is 0 Å². The van der Waals surface area contributed by atoms with Crippen molar-refractivity contribution >= 4 is 29.3 Å². The normalized spacial score (nSPS) is 12.2. The molecule has 0 aliphatic rings. The Morgan fingerprint density at radius 3 is 2.50 bits per heavy atom. The monoisotopic (exact) mass is 295 g/mol. The van der Waals surface area contributed by atoms with Crippen molar-refractivity contribution in [2.24, 2.45) is 5.92 Å². The van der Waals surface area contributed by atoms with E-state index in [9.17, 15) is 14.7 Å². The molecule has 0 aromatic heterocycles. The van der Waals surface area contributed by atoms with Crippen molar-refractivity contribution < 1.29 is 14.7 Å². The smallest absolute Gasteiger partial charge is 0.316 e. The van der Waals surface area contributed by atoms with E-state index in [-0.39, 0.29) is 11.8 Å². The van der Waals surface area contributed by atoms with Crippen LogP contribution in [0.5, 0.6) is 0 Å². The third-order valence-corrected chi connectivity index (χ3v) is 4.10. The average Bonchev–Trinajstić information content (AvgIpc) is 2.39. The Morgan fingerprint density at radius 2 is 1.95 bits per heavy atom. The van der Waals surface area contributed by atoms with Gasteiger partial charge in [0.2, 0.25) is 5.91 Å². The molecule has 1 unspecified atom stereocenters. The van der Waals surface area contributed by atoms with E-state index < -0.39 is 11.2 Å². The predicted molar refractivity (Wildman–Crippen MR) is 82.1 cm³/mol. The van der Waals surface area contributed by atoms with Gasteiger partial charge in [-0.25, -0.2) is 0 Å². The number of rotatable bonds is 7. The number of hydrogen-bond donors (Lipinski definition) is 2. The molecule has 1 atom stereocenters. The first-order valence-corrected chi connectivity index (χ1v) is 7.63. The minimum Gasteiger partial charge on any atom is -0.480 e. The number of amides is 1. The second-order valence-corrected chi connectivity index (χ2v) is 6.12. The van der Waals surface area contributed by atoms with Gasteiger partial charge in [-0.1, -0.05) is 39.3 Å². The van der Waals surface area contributed by atoms with E-state index in [1.54, 1.807) is 6.07 Å². The number of thioether (sulfide) groups is 1. The molecule has 4 nitrogen and oxygen atoms in total. The van der Waals surface area contributed by atoms with Crippen LogP contribution in [0.25, 0.3) is 0 Å². The highest BCUT2D eigenvalue weighted by atomic mass is 32.2. The summed E-state index contributed by atoms with van der Waals surface area (Å²) in [5.41, 5.74) is 0.679. The van der Waals surface area contributed by atoms with Gasteiger partial charge >= 0.3 is 5.97 Å². The standard InChI is InChI=1S/C15H21NO3S/c1-4-7-13(15(18)19)20-12-9-6-5-8-11(12)16-14(17)10(2)3/h5-6,8-10,13H,4,7H2,1-3H3,(H,16,17)(H,18,19). The summed E-state index contributed by atoms with van der Waals surface area (Å²) in [6.45, 7) is 5.60. The Hall–Kier alpha value is -1.49. The summed E-state index contributed by atoms with van der Waals surface area (Å²) in [5.74, 6) is -0.999. The molecule has 0 aliphatic heterocycles. The van der Waals surface area contributed by atoms with Gasteiger partial charge in [0.05, 0.1) is 5.69 Å². The van der Waals surface area contributed by atoms with Crippen LogP contribution in [-0.4, -0.2) is 22.2 Å². The lowest BCUT2D eigenvalue weighted by Gasteiger charge is -2.15. The maximum atomic E-state index is 11.8. The number of nitrogens with one attached hydrogen (secondary N) is 1. The molecule has 2 N–H and O–H groups in total. The van der Waals surface area contributed by atoms with Crippen molar-refractivity contribution in [1.82, 2.24) is 0 Å². The highest BCUT2D eigenvalue weighted by molar-refractivity contribution is 8.00. The summed E-state index contributed by atoms with van der Waals surface area (Å²) in [5, 5.41) is 11.6. The molecule has 1 rings (SSSR count). The number of anilines is 1. The predicted octanol–water partition coefficient (Wildman–Crippen LogP) is 3.63. The number of hydrogen-bond acceptors (Lipinski definition) is 3. The number of benzene rings is 1. The molecule has 1 aromatic rings. The van der Waals surface area contributed by atoms with E-state index >= 15 is 0 Å². The second-order valence-electron chi connectivity index (χ2n) is 4.87. The number of carbonyl (C=O) groups excluding carboxylic acids is 1. The van der Waals surface area contributed by atoms with Crippen LogP contribution >= 0.6 is 11.8 Å². The zero-order valence-electron chi connectivity index (χ0n) is 12.1. The van der Waals surface area contributed by atoms with E-state index in [0.717, 1.165) is 11.3 Å². The first kappa shape index (κ1) is 16.6. The molecular weight excluding hydrogens is 274 g/mol. The van der Waals surface area contributed by atoms with Crippen molar-refractivity contribution in [1.29, 1.82) is 0 Å². The van der Waals surface area contributed by atoms with Crippen LogP contribution in [0, 0.1) is 5.92 Å². The molecule has 20 heavy (non-hydrogen) atoms. The van der Waals surface area contributed by atoms with Crippen LogP contribution in [0.3, 0.4) is 0 Å². The largest absolute Gasteiger partial charge is 0.480 e. The Bertz CT molecular complexity index is 474. The molecule has 110 valence electrons. The molecule has 0 bridgehead atoms. The topological polar surface area (TPSA) is 66.4 Å². The van der Waals surface area contributed by atoms with E-state index in [4.69, 9.17) is 0 Å². The first-order valence-electron chi connectivity index (χ1n) is 6.75. The van der Waals surface area contributed by atoms with Crippen molar-refractivity contribution in [3.63, 3.8) is 0 Å². The molecule has 0 aliphatic carbocycles. The SMILES string of the molecule is CCCC(Sc1ccccc1NC(=O)C(C)C)C(=O)O. The quantitative estimate of drug-likeness (QED) is 0.754. The van der Waals surface area contributed by atoms with Gasteiger partial charge in [0.25, 0.3) is 0 Å². The molecule has 1 aromatic carbocycles. The van der Waals surface area contributed by atoms with E-state index in [1.165, 1.54) is 11.8 Å². The van der Waals surface area contributed by atoms with E-state index in [0.29, 0.717) is 12.1 Å². The van der Waals surface area contributed by atoms with Gasteiger partial charge in [-0.15, -0.1) is 11.8 Å². The molecule has 0 heterocycles. The highest BCUT2D eigenvalue weighted by Crippen LogP contribution is 2.32. The second kappa shape index (κ2) is 7.94. The lowest BCUT2D eigenvalue weighted by atomic mass is 10.2. The van der Waals surface area contributed by atoms with Gasteiger partial charge in [0.15, 0.2) is 0 Å². The third kappa shape index (κ3) is 4.89. The molecular formula is C15H21NO3S. The van der Waals surface area contributed by atoms with Crippen LogP contribution in [0.2, 0.25) is 0 Å². The summed E-state index contributed by atoms with van der Waals surface area (Å²) in [7, 11) is 0. The van der Waals surface area contributed by atoms with Crippen molar-refractivity contribution in [2.75, 3.05) is 5.32 Å². The van der Waals surface area contributed by atoms with Crippen LogP contribution in [0.1, 0.15) is 33.6 Å². The van der Waals surface area contributed by atoms with E-state index in [1.807, 2.05) is 39.0 Å². The summed E-state index contributed by atoms with van der Waals surface area (Å²) in [6, 6.07) is 7.31. The van der Waals surface area contributed by atoms with Crippen molar-refractivity contribution in [3.05, 3.63) is 24.3 Å². The van der Waals surface area contributed by atoms with Crippen molar-refractivity contribution in [2.45, 2.75) is 43.8 Å². The Kier molecular flexibility index (Phi) is 6.58. The molecule has 1 amide bonds. The van der Waals surface area contributed by atoms with E-state index in [2.05, 4.69) is 5.32 Å². The lowest BCUT2D eigenvalue weighted by molar-refractivity contribution is -0.136. The Labute approximate surface area is 124 Å². The van der Waals surface area contributed by atoms with Gasteiger partial charge in [-0.05, 0) is 18.6 Å². The van der Waals surface area contributed by atoms with Gasteiger partial charge in [0.1, 0.15) is 5.25 Å². The van der Waals surface area contributed by atoms with Crippen LogP contribution in [0.15, 0.2) is 29.2 Å². The molecule has 0 saturated carbocycles. The minimum absolute atomic E-state index is 0.0691. The summed E-state index contributed by atoms with van der Waals surface area (Å²) < 4.78 is 0. The maximum absolute atomic E-state index is 11.8. The Morgan fingerprint density at radius 1 is 1.30 bits per heavy atom. The molecule has 0 fully saturated rings. The highest BCUT2D eigenvalue weighted by Gasteiger charge is 2.20.